The fraction of sp³-hybridized carbons (Fsp3) is 0.0556. The first-order valence-corrected chi connectivity index (χ1v) is 8.77. The molecule has 0 saturated heterocycles. The van der Waals surface area contributed by atoms with Crippen molar-refractivity contribution in [2.45, 2.75) is 0 Å². The van der Waals surface area contributed by atoms with Gasteiger partial charge in [0.2, 0.25) is 0 Å². The van der Waals surface area contributed by atoms with E-state index in [0.29, 0.717) is 21.4 Å². The van der Waals surface area contributed by atoms with E-state index in [9.17, 15) is 8.78 Å². The smallest absolute Gasteiger partial charge is 0.187 e. The van der Waals surface area contributed by atoms with Crippen molar-refractivity contribution in [1.29, 1.82) is 0 Å². The van der Waals surface area contributed by atoms with Crippen LogP contribution in [0.4, 0.5) is 8.78 Å². The molecule has 0 atom stereocenters. The largest absolute Gasteiger partial charge is 0.248 e. The van der Waals surface area contributed by atoms with Crippen LogP contribution >= 0.6 is 23.1 Å². The van der Waals surface area contributed by atoms with Crippen LogP contribution in [0.5, 0.6) is 0 Å². The molecule has 26 heavy (non-hydrogen) atoms. The van der Waals surface area contributed by atoms with E-state index in [1.54, 1.807) is 7.05 Å². The molecular formula is C18H11ClF2N4S. The molecular weight excluding hydrogens is 378 g/mol. The molecule has 0 saturated carbocycles. The van der Waals surface area contributed by atoms with Crippen molar-refractivity contribution in [1.82, 2.24) is 19.1 Å². The summed E-state index contributed by atoms with van der Waals surface area (Å²) in [6.07, 6.45) is 0. The van der Waals surface area contributed by atoms with Gasteiger partial charge >= 0.3 is 0 Å². The molecule has 0 aliphatic rings. The monoisotopic (exact) mass is 388 g/mol. The summed E-state index contributed by atoms with van der Waals surface area (Å²) in [7, 11) is 1.64. The van der Waals surface area contributed by atoms with Gasteiger partial charge in [0.15, 0.2) is 11.6 Å². The highest BCUT2D eigenvalue weighted by molar-refractivity contribution is 7.10. The summed E-state index contributed by atoms with van der Waals surface area (Å²) in [5.74, 6) is -1.08. The summed E-state index contributed by atoms with van der Waals surface area (Å²) in [4.78, 5) is 4.88. The maximum atomic E-state index is 14.0. The Hall–Kier alpha value is -2.64. The van der Waals surface area contributed by atoms with Crippen LogP contribution < -0.4 is 0 Å². The van der Waals surface area contributed by atoms with Crippen molar-refractivity contribution in [3.05, 3.63) is 65.2 Å². The van der Waals surface area contributed by atoms with E-state index in [0.717, 1.165) is 17.1 Å². The summed E-state index contributed by atoms with van der Waals surface area (Å²) in [6, 6.07) is 13.1. The Balaban J connectivity index is 1.81. The topological polar surface area (TPSA) is 43.6 Å². The zero-order chi connectivity index (χ0) is 18.3. The van der Waals surface area contributed by atoms with Gasteiger partial charge in [-0.15, -0.1) is 0 Å². The Labute approximate surface area is 156 Å². The summed E-state index contributed by atoms with van der Waals surface area (Å²) < 4.78 is 33.9. The summed E-state index contributed by atoms with van der Waals surface area (Å²) in [6.45, 7) is 0. The molecule has 4 rings (SSSR count). The molecule has 4 nitrogen and oxygen atoms in total. The van der Waals surface area contributed by atoms with Gasteiger partial charge in [-0.25, -0.2) is 18.4 Å². The molecule has 8 heteroatoms. The van der Waals surface area contributed by atoms with Gasteiger partial charge in [0.25, 0.3) is 0 Å². The second kappa shape index (κ2) is 6.59. The average Bonchev–Trinajstić information content (AvgIpc) is 3.18. The molecule has 0 N–H and O–H groups in total. The van der Waals surface area contributed by atoms with Crippen LogP contribution in [0.3, 0.4) is 0 Å². The third-order valence-corrected chi connectivity index (χ3v) is 5.16. The van der Waals surface area contributed by atoms with Crippen LogP contribution in [0.15, 0.2) is 48.5 Å². The number of aromatic nitrogens is 4. The molecule has 2 aromatic heterocycles. The number of aryl methyl sites for hydroxylation is 1. The highest BCUT2D eigenvalue weighted by atomic mass is 35.5. The lowest BCUT2D eigenvalue weighted by Crippen LogP contribution is -1.94. The number of nitrogens with zero attached hydrogens (tertiary/aromatic N) is 4. The lowest BCUT2D eigenvalue weighted by molar-refractivity contribution is 0.587. The molecule has 130 valence electrons. The first-order chi connectivity index (χ1) is 12.6. The van der Waals surface area contributed by atoms with E-state index in [1.807, 2.05) is 30.3 Å². The van der Waals surface area contributed by atoms with E-state index in [4.69, 9.17) is 11.6 Å². The predicted octanol–water partition coefficient (Wildman–Crippen LogP) is 5.20. The molecule has 0 fully saturated rings. The molecule has 0 amide bonds. The van der Waals surface area contributed by atoms with E-state index in [1.165, 1.54) is 22.9 Å². The Morgan fingerprint density at radius 3 is 2.38 bits per heavy atom. The SMILES string of the molecule is Cn1nc(-c2c(F)cccc2F)nc1-c1snc(-c2ccccc2)c1Cl. The normalized spacial score (nSPS) is 11.1. The minimum absolute atomic E-state index is 0.0381. The second-order valence-corrected chi connectivity index (χ2v) is 6.67. The van der Waals surface area contributed by atoms with Gasteiger partial charge in [0.1, 0.15) is 22.2 Å². The summed E-state index contributed by atoms with van der Waals surface area (Å²) in [5.41, 5.74) is 1.25. The van der Waals surface area contributed by atoms with Gasteiger partial charge < -0.3 is 0 Å². The van der Waals surface area contributed by atoms with E-state index >= 15 is 0 Å². The molecule has 0 radical (unpaired) electrons. The third-order valence-electron chi connectivity index (χ3n) is 3.84. The van der Waals surface area contributed by atoms with Crippen LogP contribution in [0, 0.1) is 11.6 Å². The lowest BCUT2D eigenvalue weighted by atomic mass is 10.1. The molecule has 0 unspecified atom stereocenters. The van der Waals surface area contributed by atoms with Crippen molar-refractivity contribution in [2.75, 3.05) is 0 Å². The minimum Gasteiger partial charge on any atom is -0.248 e. The number of halogens is 3. The van der Waals surface area contributed by atoms with Crippen molar-refractivity contribution >= 4 is 23.1 Å². The van der Waals surface area contributed by atoms with Gasteiger partial charge in [0, 0.05) is 12.6 Å². The first-order valence-electron chi connectivity index (χ1n) is 7.62. The molecule has 2 aromatic carbocycles. The lowest BCUT2D eigenvalue weighted by Gasteiger charge is -1.99. The third kappa shape index (κ3) is 2.79. The van der Waals surface area contributed by atoms with E-state index in [-0.39, 0.29) is 11.4 Å². The highest BCUT2D eigenvalue weighted by Gasteiger charge is 2.22. The first kappa shape index (κ1) is 16.8. The van der Waals surface area contributed by atoms with Gasteiger partial charge in [-0.3, -0.25) is 0 Å². The van der Waals surface area contributed by atoms with Gasteiger partial charge in [-0.2, -0.15) is 9.47 Å². The molecule has 0 aliphatic heterocycles. The van der Waals surface area contributed by atoms with Crippen LogP contribution in [-0.2, 0) is 7.05 Å². The number of rotatable bonds is 3. The molecule has 4 aromatic rings. The molecule has 0 bridgehead atoms. The number of hydrogen-bond donors (Lipinski definition) is 0. The fourth-order valence-electron chi connectivity index (χ4n) is 2.59. The average molecular weight is 389 g/mol. The Bertz CT molecular complexity index is 1070. The standard InChI is InChI=1S/C18H11ClF2N4S/c1-25-18(22-17(23-25)13-11(20)8-5-9-12(13)21)16-14(19)15(24-26-16)10-6-3-2-4-7-10/h2-9H,1H3. The maximum absolute atomic E-state index is 14.0. The second-order valence-electron chi connectivity index (χ2n) is 5.52. The van der Waals surface area contributed by atoms with E-state index in [2.05, 4.69) is 14.5 Å². The van der Waals surface area contributed by atoms with Crippen LogP contribution in [0.2, 0.25) is 5.02 Å². The summed E-state index contributed by atoms with van der Waals surface area (Å²) in [5, 5.41) is 4.58. The van der Waals surface area contributed by atoms with Crippen molar-refractivity contribution in [2.24, 2.45) is 7.05 Å². The van der Waals surface area contributed by atoms with E-state index < -0.39 is 11.6 Å². The number of benzene rings is 2. The Kier molecular flexibility index (Phi) is 4.26. The highest BCUT2D eigenvalue weighted by Crippen LogP contribution is 2.39. The number of hydrogen-bond acceptors (Lipinski definition) is 4. The van der Waals surface area contributed by atoms with Crippen LogP contribution in [0.25, 0.3) is 33.3 Å². The zero-order valence-corrected chi connectivity index (χ0v) is 15.0. The molecule has 0 spiro atoms. The van der Waals surface area contributed by atoms with Gasteiger partial charge in [-0.05, 0) is 23.7 Å². The Morgan fingerprint density at radius 2 is 1.69 bits per heavy atom. The quantitative estimate of drug-likeness (QED) is 0.484. The van der Waals surface area contributed by atoms with Crippen molar-refractivity contribution in [3.63, 3.8) is 0 Å². The molecule has 2 heterocycles. The van der Waals surface area contributed by atoms with Crippen LogP contribution in [-0.4, -0.2) is 19.1 Å². The summed E-state index contributed by atoms with van der Waals surface area (Å²) >= 11 is 7.66. The Morgan fingerprint density at radius 1 is 1.00 bits per heavy atom. The van der Waals surface area contributed by atoms with Gasteiger partial charge in [0.05, 0.1) is 10.6 Å². The molecule has 0 aliphatic carbocycles. The van der Waals surface area contributed by atoms with Gasteiger partial charge in [-0.1, -0.05) is 48.0 Å². The minimum atomic E-state index is -0.720. The van der Waals surface area contributed by atoms with Crippen molar-refractivity contribution in [3.8, 4) is 33.3 Å². The zero-order valence-electron chi connectivity index (χ0n) is 13.4. The maximum Gasteiger partial charge on any atom is 0.187 e. The van der Waals surface area contributed by atoms with Crippen molar-refractivity contribution < 1.29 is 8.78 Å². The predicted molar refractivity (Wildman–Crippen MR) is 97.9 cm³/mol. The fourth-order valence-corrected chi connectivity index (χ4v) is 3.80. The van der Waals surface area contributed by atoms with Crippen LogP contribution in [0.1, 0.15) is 0 Å².